The average molecular weight is 268 g/mol. The lowest BCUT2D eigenvalue weighted by molar-refractivity contribution is -0.360. The zero-order valence-corrected chi connectivity index (χ0v) is 9.24. The summed E-state index contributed by atoms with van der Waals surface area (Å²) in [6, 6.07) is 8.69. The van der Waals surface area contributed by atoms with Crippen molar-refractivity contribution in [1.29, 1.82) is 0 Å². The Bertz CT molecular complexity index is 467. The van der Waals surface area contributed by atoms with Crippen LogP contribution in [0.4, 0.5) is 5.82 Å². The molecular formula is C10H8BrN2O2+. The molecule has 0 aliphatic carbocycles. The van der Waals surface area contributed by atoms with Gasteiger partial charge in [-0.1, -0.05) is 6.07 Å². The van der Waals surface area contributed by atoms with E-state index in [1.165, 1.54) is 0 Å². The fraction of sp³-hybridized carbons (Fsp3) is 0. The summed E-state index contributed by atoms with van der Waals surface area (Å²) in [6.07, 6.45) is 1.73. The Kier molecular flexibility index (Phi) is 2.82. The lowest BCUT2D eigenvalue weighted by Crippen LogP contribution is -2.18. The van der Waals surface area contributed by atoms with E-state index in [1.54, 1.807) is 24.4 Å². The normalized spacial score (nSPS) is 9.93. The Labute approximate surface area is 94.4 Å². The van der Waals surface area contributed by atoms with Gasteiger partial charge in [0.05, 0.1) is 6.20 Å². The summed E-state index contributed by atoms with van der Waals surface area (Å²) in [5.41, 5.74) is 0. The van der Waals surface area contributed by atoms with Gasteiger partial charge in [-0.15, -0.1) is 0 Å². The number of carbonyl (C=O) groups is 1. The molecule has 2 heterocycles. The van der Waals surface area contributed by atoms with Crippen LogP contribution in [0.1, 0.15) is 10.6 Å². The smallest absolute Gasteiger partial charge is 0.374 e. The highest BCUT2D eigenvalue weighted by Crippen LogP contribution is 2.14. The molecule has 2 N–H and O–H groups in total. The van der Waals surface area contributed by atoms with E-state index in [0.29, 0.717) is 10.5 Å². The SMILES string of the molecule is O=C(Nc1cccc[nH+]1)c1ccc(Br)o1. The largest absolute Gasteiger partial charge is 0.442 e. The van der Waals surface area contributed by atoms with Crippen molar-refractivity contribution in [3.05, 3.63) is 47.0 Å². The van der Waals surface area contributed by atoms with Crippen molar-refractivity contribution < 1.29 is 14.2 Å². The number of carbonyl (C=O) groups excluding carboxylic acids is 1. The highest BCUT2D eigenvalue weighted by Gasteiger charge is 2.15. The van der Waals surface area contributed by atoms with Crippen molar-refractivity contribution in [3.63, 3.8) is 0 Å². The monoisotopic (exact) mass is 267 g/mol. The highest BCUT2D eigenvalue weighted by molar-refractivity contribution is 9.10. The molecule has 4 nitrogen and oxygen atoms in total. The minimum absolute atomic E-state index is 0.263. The molecule has 0 spiro atoms. The van der Waals surface area contributed by atoms with E-state index in [0.717, 1.165) is 0 Å². The number of amides is 1. The van der Waals surface area contributed by atoms with Crippen LogP contribution in [0.3, 0.4) is 0 Å². The number of rotatable bonds is 2. The van der Waals surface area contributed by atoms with Gasteiger partial charge in [0.2, 0.25) is 5.76 Å². The third kappa shape index (κ3) is 2.44. The number of hydrogen-bond acceptors (Lipinski definition) is 2. The molecule has 0 aromatic carbocycles. The minimum atomic E-state index is -0.289. The highest BCUT2D eigenvalue weighted by atomic mass is 79.9. The van der Waals surface area contributed by atoms with Gasteiger partial charge in [0.15, 0.2) is 4.67 Å². The van der Waals surface area contributed by atoms with Crippen LogP contribution in [-0.2, 0) is 0 Å². The average Bonchev–Trinajstić information content (AvgIpc) is 2.66. The molecule has 0 saturated carbocycles. The third-order valence-corrected chi connectivity index (χ3v) is 2.18. The number of aromatic amines is 1. The summed E-state index contributed by atoms with van der Waals surface area (Å²) in [5, 5.41) is 2.66. The second-order valence-corrected chi connectivity index (χ2v) is 3.62. The van der Waals surface area contributed by atoms with Crippen molar-refractivity contribution in [2.45, 2.75) is 0 Å². The van der Waals surface area contributed by atoms with E-state index in [1.807, 2.05) is 12.1 Å². The van der Waals surface area contributed by atoms with Crippen LogP contribution in [0, 0.1) is 0 Å². The maximum atomic E-state index is 11.6. The lowest BCUT2D eigenvalue weighted by atomic mass is 10.4. The van der Waals surface area contributed by atoms with E-state index in [9.17, 15) is 4.79 Å². The van der Waals surface area contributed by atoms with E-state index in [-0.39, 0.29) is 11.7 Å². The van der Waals surface area contributed by atoms with Gasteiger partial charge >= 0.3 is 5.91 Å². The number of furan rings is 1. The van der Waals surface area contributed by atoms with Crippen molar-refractivity contribution >= 4 is 27.7 Å². The van der Waals surface area contributed by atoms with Crippen LogP contribution in [-0.4, -0.2) is 5.91 Å². The lowest BCUT2D eigenvalue weighted by Gasteiger charge is -1.93. The van der Waals surface area contributed by atoms with Crippen LogP contribution in [0.5, 0.6) is 0 Å². The maximum Gasteiger partial charge on any atom is 0.374 e. The summed E-state index contributed by atoms with van der Waals surface area (Å²) < 4.78 is 5.64. The van der Waals surface area contributed by atoms with Gasteiger partial charge in [-0.2, -0.15) is 0 Å². The van der Waals surface area contributed by atoms with Crippen LogP contribution in [0.2, 0.25) is 0 Å². The molecule has 2 rings (SSSR count). The Morgan fingerprint density at radius 1 is 1.33 bits per heavy atom. The first kappa shape index (κ1) is 9.92. The number of H-pyrrole nitrogens is 1. The maximum absolute atomic E-state index is 11.6. The van der Waals surface area contributed by atoms with Crippen LogP contribution >= 0.6 is 15.9 Å². The van der Waals surface area contributed by atoms with Crippen molar-refractivity contribution in [1.82, 2.24) is 0 Å². The standard InChI is InChI=1S/C10H7BrN2O2/c11-8-5-4-7(15-8)10(14)13-9-3-1-2-6-12-9/h1-6H,(H,12,13,14)/p+1. The van der Waals surface area contributed by atoms with Crippen molar-refractivity contribution in [2.75, 3.05) is 5.32 Å². The van der Waals surface area contributed by atoms with Gasteiger partial charge in [-0.3, -0.25) is 0 Å². The second-order valence-electron chi connectivity index (χ2n) is 2.83. The molecule has 0 aliphatic heterocycles. The van der Waals surface area contributed by atoms with Crippen molar-refractivity contribution in [3.8, 4) is 0 Å². The second kappa shape index (κ2) is 4.27. The van der Waals surface area contributed by atoms with E-state index in [2.05, 4.69) is 26.2 Å². The molecule has 0 unspecified atom stereocenters. The van der Waals surface area contributed by atoms with Gasteiger partial charge in [0.25, 0.3) is 5.82 Å². The van der Waals surface area contributed by atoms with Gasteiger partial charge in [0.1, 0.15) is 0 Å². The molecule has 2 aromatic rings. The molecule has 5 heteroatoms. The first-order chi connectivity index (χ1) is 7.25. The number of aromatic nitrogens is 1. The predicted octanol–water partition coefficient (Wildman–Crippen LogP) is 2.11. The first-order valence-electron chi connectivity index (χ1n) is 4.29. The molecule has 15 heavy (non-hydrogen) atoms. The Balaban J connectivity index is 2.11. The molecule has 0 fully saturated rings. The third-order valence-electron chi connectivity index (χ3n) is 1.75. The summed E-state index contributed by atoms with van der Waals surface area (Å²) in [5.74, 6) is 0.595. The van der Waals surface area contributed by atoms with Gasteiger partial charge < -0.3 is 4.42 Å². The zero-order valence-electron chi connectivity index (χ0n) is 7.66. The predicted molar refractivity (Wildman–Crippen MR) is 57.4 cm³/mol. The first-order valence-corrected chi connectivity index (χ1v) is 5.08. The van der Waals surface area contributed by atoms with Gasteiger partial charge in [0, 0.05) is 6.07 Å². The summed E-state index contributed by atoms with van der Waals surface area (Å²) in [7, 11) is 0. The molecule has 0 saturated heterocycles. The number of halogens is 1. The fourth-order valence-electron chi connectivity index (χ4n) is 1.09. The summed E-state index contributed by atoms with van der Waals surface area (Å²) in [4.78, 5) is 14.5. The minimum Gasteiger partial charge on any atom is -0.442 e. The topological polar surface area (TPSA) is 56.4 Å². The summed E-state index contributed by atoms with van der Waals surface area (Å²) in [6.45, 7) is 0. The fourth-order valence-corrected chi connectivity index (χ4v) is 1.40. The van der Waals surface area contributed by atoms with Crippen LogP contribution < -0.4 is 10.3 Å². The molecule has 0 radical (unpaired) electrons. The van der Waals surface area contributed by atoms with E-state index >= 15 is 0 Å². The molecular weight excluding hydrogens is 260 g/mol. The Hall–Kier alpha value is -1.62. The number of hydrogen-bond donors (Lipinski definition) is 1. The Morgan fingerprint density at radius 3 is 2.80 bits per heavy atom. The molecule has 0 atom stereocenters. The zero-order chi connectivity index (χ0) is 10.7. The van der Waals surface area contributed by atoms with Gasteiger partial charge in [-0.25, -0.2) is 15.1 Å². The van der Waals surface area contributed by atoms with E-state index in [4.69, 9.17) is 4.42 Å². The summed E-state index contributed by atoms with van der Waals surface area (Å²) >= 11 is 3.13. The number of pyridine rings is 1. The quantitative estimate of drug-likeness (QED) is 0.906. The van der Waals surface area contributed by atoms with Crippen LogP contribution in [0.25, 0.3) is 0 Å². The molecule has 0 aliphatic rings. The van der Waals surface area contributed by atoms with Crippen molar-refractivity contribution in [2.24, 2.45) is 0 Å². The van der Waals surface area contributed by atoms with Gasteiger partial charge in [-0.05, 0) is 34.1 Å². The van der Waals surface area contributed by atoms with Crippen LogP contribution in [0.15, 0.2) is 45.6 Å². The number of nitrogens with one attached hydrogen (secondary N) is 2. The molecule has 1 amide bonds. The van der Waals surface area contributed by atoms with E-state index < -0.39 is 0 Å². The molecule has 0 bridgehead atoms. The number of anilines is 1. The Morgan fingerprint density at radius 2 is 2.20 bits per heavy atom. The molecule has 76 valence electrons. The molecule has 2 aromatic heterocycles.